The molecule has 1 saturated heterocycles. The van der Waals surface area contributed by atoms with E-state index in [0.717, 1.165) is 4.57 Å². The number of carbonyl (C=O) groups excluding carboxylic acids is 2. The highest BCUT2D eigenvalue weighted by molar-refractivity contribution is 9.10. The number of aromatic nitrogens is 2. The maximum Gasteiger partial charge on any atom is 0.413 e. The molecule has 2 heterocycles. The molecule has 0 radical (unpaired) electrons. The van der Waals surface area contributed by atoms with E-state index in [1.54, 1.807) is 55.4 Å². The minimum atomic E-state index is -0.877. The molecule has 0 aromatic carbocycles. The summed E-state index contributed by atoms with van der Waals surface area (Å²) in [5.41, 5.74) is -2.69. The molecule has 1 fully saturated rings. The molecule has 180 valence electrons. The number of nitrogens with zero attached hydrogens (tertiary/aromatic N) is 3. The van der Waals surface area contributed by atoms with Crippen molar-refractivity contribution in [1.29, 1.82) is 0 Å². The maximum atomic E-state index is 12.7. The average Bonchev–Trinajstić information content (AvgIpc) is 2.89. The second-order valence-electron chi connectivity index (χ2n) is 9.96. The average molecular weight is 518 g/mol. The third-order valence-corrected chi connectivity index (χ3v) is 4.93. The molecule has 1 aromatic heterocycles. The van der Waals surface area contributed by atoms with E-state index in [4.69, 9.17) is 18.9 Å². The molecule has 2 rings (SSSR count). The normalized spacial score (nSPS) is 18.4. The first-order chi connectivity index (χ1) is 14.5. The van der Waals surface area contributed by atoms with Gasteiger partial charge in [0.1, 0.15) is 40.9 Å². The Morgan fingerprint density at radius 3 is 2.34 bits per heavy atom. The Kier molecular flexibility index (Phi) is 7.66. The Bertz CT molecular complexity index is 915. The summed E-state index contributed by atoms with van der Waals surface area (Å²) in [5, 5.41) is 0. The second kappa shape index (κ2) is 9.38. The first kappa shape index (κ1) is 26.1. The van der Waals surface area contributed by atoms with Crippen LogP contribution in [0, 0.1) is 0 Å². The fourth-order valence-corrected chi connectivity index (χ4v) is 3.48. The minimum Gasteiger partial charge on any atom is -0.474 e. The molecule has 32 heavy (non-hydrogen) atoms. The zero-order valence-corrected chi connectivity index (χ0v) is 21.4. The summed E-state index contributed by atoms with van der Waals surface area (Å²) in [5.74, 6) is -0.510. The van der Waals surface area contributed by atoms with Crippen LogP contribution in [-0.2, 0) is 25.5 Å². The van der Waals surface area contributed by atoms with E-state index >= 15 is 0 Å². The molecular weight excluding hydrogens is 486 g/mol. The molecule has 10 nitrogen and oxygen atoms in total. The van der Waals surface area contributed by atoms with Gasteiger partial charge in [0.25, 0.3) is 5.56 Å². The number of hydrogen-bond donors (Lipinski definition) is 0. The second-order valence-corrected chi connectivity index (χ2v) is 10.7. The Morgan fingerprint density at radius 2 is 1.78 bits per heavy atom. The zero-order valence-electron chi connectivity index (χ0n) is 19.9. The molecule has 0 spiro atoms. The largest absolute Gasteiger partial charge is 0.474 e. The third-order valence-electron chi connectivity index (χ3n) is 4.25. The molecule has 1 aliphatic heterocycles. The van der Waals surface area contributed by atoms with Crippen LogP contribution < -0.4 is 10.3 Å². The van der Waals surface area contributed by atoms with Gasteiger partial charge in [-0.05, 0) is 71.3 Å². The predicted molar refractivity (Wildman–Crippen MR) is 119 cm³/mol. The predicted octanol–water partition coefficient (Wildman–Crippen LogP) is 3.10. The van der Waals surface area contributed by atoms with Crippen LogP contribution in [-0.4, -0.2) is 62.7 Å². The lowest BCUT2D eigenvalue weighted by Gasteiger charge is -2.34. The van der Waals surface area contributed by atoms with Crippen molar-refractivity contribution in [2.24, 2.45) is 0 Å². The van der Waals surface area contributed by atoms with E-state index in [1.807, 2.05) is 0 Å². The molecule has 0 aliphatic carbocycles. The molecule has 0 unspecified atom stereocenters. The van der Waals surface area contributed by atoms with Gasteiger partial charge < -0.3 is 18.9 Å². The molecular formula is C21H32BrN3O7. The lowest BCUT2D eigenvalue weighted by molar-refractivity contribution is -0.155. The van der Waals surface area contributed by atoms with Crippen LogP contribution in [0.2, 0.25) is 0 Å². The summed E-state index contributed by atoms with van der Waals surface area (Å²) in [6.45, 7) is 14.1. The summed E-state index contributed by atoms with van der Waals surface area (Å²) >= 11 is 3.19. The monoisotopic (exact) mass is 517 g/mol. The van der Waals surface area contributed by atoms with Crippen LogP contribution in [0.25, 0.3) is 0 Å². The van der Waals surface area contributed by atoms with E-state index in [9.17, 15) is 14.4 Å². The fraction of sp³-hybridized carbons (Fsp3) is 0.714. The summed E-state index contributed by atoms with van der Waals surface area (Å²) in [7, 11) is 0. The summed E-state index contributed by atoms with van der Waals surface area (Å²) in [6.07, 6.45) is 0.695. The molecule has 1 aromatic rings. The smallest absolute Gasteiger partial charge is 0.413 e. The van der Waals surface area contributed by atoms with Crippen molar-refractivity contribution in [2.75, 3.05) is 13.2 Å². The molecule has 0 bridgehead atoms. The van der Waals surface area contributed by atoms with Gasteiger partial charge >= 0.3 is 12.1 Å². The first-order valence-electron chi connectivity index (χ1n) is 10.3. The molecule has 1 aliphatic rings. The van der Waals surface area contributed by atoms with Crippen molar-refractivity contribution in [2.45, 2.75) is 84.9 Å². The number of hydrogen-bond acceptors (Lipinski definition) is 8. The standard InChI is InChI=1S/C21H32BrN3O7/c1-19(2,3)31-14(26)9-24-12-23-16(15(22)17(24)27)29-10-13-11-30-21(7,8)25(13)18(28)32-20(4,5)6/h12-13H,9-11H2,1-8H3/t13-/m0/s1. The first-order valence-corrected chi connectivity index (χ1v) is 11.1. The van der Waals surface area contributed by atoms with Gasteiger partial charge in [-0.1, -0.05) is 0 Å². The molecule has 0 N–H and O–H groups in total. The Morgan fingerprint density at radius 1 is 1.19 bits per heavy atom. The molecule has 1 amide bonds. The summed E-state index contributed by atoms with van der Waals surface area (Å²) < 4.78 is 23.4. The fourth-order valence-electron chi connectivity index (χ4n) is 3.04. The van der Waals surface area contributed by atoms with Gasteiger partial charge in [-0.3, -0.25) is 19.1 Å². The van der Waals surface area contributed by atoms with Gasteiger partial charge in [-0.15, -0.1) is 0 Å². The SMILES string of the molecule is CC(C)(C)OC(=O)Cn1cnc(OC[C@H]2COC(C)(C)N2C(=O)OC(C)(C)C)c(Br)c1=O. The Balaban J connectivity index is 2.11. The van der Waals surface area contributed by atoms with E-state index in [-0.39, 0.29) is 30.1 Å². The quantitative estimate of drug-likeness (QED) is 0.548. The van der Waals surface area contributed by atoms with E-state index in [1.165, 1.54) is 11.2 Å². The van der Waals surface area contributed by atoms with Crippen molar-refractivity contribution in [1.82, 2.24) is 14.5 Å². The highest BCUT2D eigenvalue weighted by Crippen LogP contribution is 2.30. The van der Waals surface area contributed by atoms with Gasteiger partial charge in [-0.2, -0.15) is 0 Å². The number of ether oxygens (including phenoxy) is 4. The van der Waals surface area contributed by atoms with Gasteiger partial charge in [0.15, 0.2) is 0 Å². The van der Waals surface area contributed by atoms with Gasteiger partial charge in [0, 0.05) is 0 Å². The Hall–Kier alpha value is -2.14. The topological polar surface area (TPSA) is 109 Å². The molecule has 1 atom stereocenters. The lowest BCUT2D eigenvalue weighted by Crippen LogP contribution is -2.51. The van der Waals surface area contributed by atoms with Crippen LogP contribution >= 0.6 is 15.9 Å². The number of rotatable bonds is 5. The van der Waals surface area contributed by atoms with Crippen LogP contribution in [0.15, 0.2) is 15.6 Å². The van der Waals surface area contributed by atoms with Crippen LogP contribution in [0.3, 0.4) is 0 Å². The van der Waals surface area contributed by atoms with Crippen LogP contribution in [0.4, 0.5) is 4.79 Å². The van der Waals surface area contributed by atoms with Gasteiger partial charge in [0.05, 0.1) is 12.6 Å². The summed E-state index contributed by atoms with van der Waals surface area (Å²) in [4.78, 5) is 42.9. The summed E-state index contributed by atoms with van der Waals surface area (Å²) in [6, 6.07) is -0.447. The number of carbonyl (C=O) groups is 2. The van der Waals surface area contributed by atoms with Crippen LogP contribution in [0.5, 0.6) is 5.88 Å². The molecule has 11 heteroatoms. The third kappa shape index (κ3) is 6.93. The number of halogens is 1. The maximum absolute atomic E-state index is 12.7. The van der Waals surface area contributed by atoms with Crippen molar-refractivity contribution in [3.8, 4) is 5.88 Å². The van der Waals surface area contributed by atoms with Crippen molar-refractivity contribution >= 4 is 28.0 Å². The highest BCUT2D eigenvalue weighted by atomic mass is 79.9. The lowest BCUT2D eigenvalue weighted by atomic mass is 10.2. The van der Waals surface area contributed by atoms with Crippen molar-refractivity contribution in [3.63, 3.8) is 0 Å². The highest BCUT2D eigenvalue weighted by Gasteiger charge is 2.46. The number of esters is 1. The van der Waals surface area contributed by atoms with E-state index in [0.29, 0.717) is 0 Å². The zero-order chi connectivity index (χ0) is 24.5. The van der Waals surface area contributed by atoms with Crippen molar-refractivity contribution < 1.29 is 28.5 Å². The van der Waals surface area contributed by atoms with Crippen LogP contribution in [0.1, 0.15) is 55.4 Å². The minimum absolute atomic E-state index is 0.0315. The Labute approximate surface area is 196 Å². The van der Waals surface area contributed by atoms with Crippen molar-refractivity contribution in [3.05, 3.63) is 21.2 Å². The van der Waals surface area contributed by atoms with E-state index < -0.39 is 40.6 Å². The number of amides is 1. The van der Waals surface area contributed by atoms with Gasteiger partial charge in [0.2, 0.25) is 5.88 Å². The van der Waals surface area contributed by atoms with E-state index in [2.05, 4.69) is 20.9 Å². The van der Waals surface area contributed by atoms with Gasteiger partial charge in [-0.25, -0.2) is 9.78 Å². The molecule has 0 saturated carbocycles.